The molecule has 0 aromatic heterocycles. The molecular formula is C80H156O17P2. The largest absolute Gasteiger partial charge is 0.472 e. The van der Waals surface area contributed by atoms with Crippen molar-refractivity contribution in [2.45, 2.75) is 439 Å². The second kappa shape index (κ2) is 71.7. The summed E-state index contributed by atoms with van der Waals surface area (Å²) in [4.78, 5) is 72.9. The van der Waals surface area contributed by atoms with Crippen LogP contribution in [0.1, 0.15) is 420 Å². The van der Waals surface area contributed by atoms with Crippen LogP contribution in [0.5, 0.6) is 0 Å². The topological polar surface area (TPSA) is 237 Å². The molecule has 0 saturated carbocycles. The highest BCUT2D eigenvalue weighted by Crippen LogP contribution is 2.45. The molecule has 0 aliphatic carbocycles. The lowest BCUT2D eigenvalue weighted by molar-refractivity contribution is -0.161. The van der Waals surface area contributed by atoms with Gasteiger partial charge in [0.15, 0.2) is 12.2 Å². The number of ether oxygens (including phenoxy) is 4. The zero-order valence-corrected chi connectivity index (χ0v) is 66.6. The van der Waals surface area contributed by atoms with Gasteiger partial charge in [0.1, 0.15) is 19.3 Å². The van der Waals surface area contributed by atoms with Gasteiger partial charge in [0, 0.05) is 25.7 Å². The zero-order chi connectivity index (χ0) is 72.8. The van der Waals surface area contributed by atoms with Crippen LogP contribution in [-0.4, -0.2) is 96.7 Å². The summed E-state index contributed by atoms with van der Waals surface area (Å²) in [6, 6.07) is 0. The van der Waals surface area contributed by atoms with Gasteiger partial charge in [0.2, 0.25) is 0 Å². The highest BCUT2D eigenvalue weighted by atomic mass is 31.2. The van der Waals surface area contributed by atoms with E-state index < -0.39 is 97.5 Å². The molecule has 0 radical (unpaired) electrons. The van der Waals surface area contributed by atoms with Crippen molar-refractivity contribution in [1.29, 1.82) is 0 Å². The molecule has 0 aliphatic heterocycles. The van der Waals surface area contributed by atoms with Crippen molar-refractivity contribution in [1.82, 2.24) is 0 Å². The van der Waals surface area contributed by atoms with E-state index in [1.54, 1.807) is 0 Å². The number of rotatable bonds is 79. The van der Waals surface area contributed by atoms with Crippen LogP contribution in [0.2, 0.25) is 0 Å². The lowest BCUT2D eigenvalue weighted by atomic mass is 9.99. The van der Waals surface area contributed by atoms with Gasteiger partial charge in [-0.2, -0.15) is 0 Å². The van der Waals surface area contributed by atoms with Crippen LogP contribution in [0.4, 0.5) is 0 Å². The number of esters is 4. The van der Waals surface area contributed by atoms with Gasteiger partial charge < -0.3 is 33.8 Å². The van der Waals surface area contributed by atoms with Crippen molar-refractivity contribution in [3.63, 3.8) is 0 Å². The smallest absolute Gasteiger partial charge is 0.462 e. The number of hydrogen-bond acceptors (Lipinski definition) is 15. The monoisotopic (exact) mass is 1450 g/mol. The van der Waals surface area contributed by atoms with Crippen molar-refractivity contribution >= 4 is 39.5 Å². The molecule has 0 rings (SSSR count). The van der Waals surface area contributed by atoms with Gasteiger partial charge in [-0.1, -0.05) is 369 Å². The average Bonchev–Trinajstić information content (AvgIpc) is 1.03. The van der Waals surface area contributed by atoms with E-state index in [0.29, 0.717) is 25.7 Å². The van der Waals surface area contributed by atoms with Crippen molar-refractivity contribution in [2.24, 2.45) is 11.8 Å². The molecule has 0 fully saturated rings. The minimum atomic E-state index is -4.96. The van der Waals surface area contributed by atoms with Crippen LogP contribution in [0.15, 0.2) is 0 Å². The fourth-order valence-electron chi connectivity index (χ4n) is 12.3. The molecule has 0 amide bonds. The minimum absolute atomic E-state index is 0.106. The van der Waals surface area contributed by atoms with Crippen LogP contribution < -0.4 is 0 Å². The van der Waals surface area contributed by atoms with Crippen molar-refractivity contribution in [2.75, 3.05) is 39.6 Å². The molecule has 0 aromatic rings. The van der Waals surface area contributed by atoms with E-state index in [4.69, 9.17) is 37.0 Å². The second-order valence-corrected chi connectivity index (χ2v) is 32.4. The summed E-state index contributed by atoms with van der Waals surface area (Å²) < 4.78 is 68.6. The molecular weight excluding hydrogens is 1290 g/mol. The van der Waals surface area contributed by atoms with Crippen LogP contribution in [0.25, 0.3) is 0 Å². The SMILES string of the molecule is CCCCCCCCCCCCCCCCCC(=O)OC[C@H](COP(=O)(O)OC[C@@H](O)COP(=O)(O)OC[C@@H](COC(=O)CCCCCCCCCCC)OC(=O)CCCCCCCCCCCCC(C)C)OC(=O)CCCCCCCCCCCCCCCCCCCCC(C)CC. The Labute approximate surface area is 607 Å². The van der Waals surface area contributed by atoms with Crippen molar-refractivity contribution in [3.05, 3.63) is 0 Å². The number of carbonyl (C=O) groups is 4. The normalized spacial score (nSPS) is 14.2. The van der Waals surface area contributed by atoms with E-state index in [-0.39, 0.29) is 25.7 Å². The first-order valence-electron chi connectivity index (χ1n) is 41.5. The number of aliphatic hydroxyl groups is 1. The Balaban J connectivity index is 5.19. The lowest BCUT2D eigenvalue weighted by Gasteiger charge is -2.21. The molecule has 19 heteroatoms. The van der Waals surface area contributed by atoms with E-state index in [1.807, 2.05) is 0 Å². The van der Waals surface area contributed by atoms with Gasteiger partial charge in [-0.15, -0.1) is 0 Å². The first-order valence-corrected chi connectivity index (χ1v) is 44.5. The summed E-state index contributed by atoms with van der Waals surface area (Å²) in [5.41, 5.74) is 0. The average molecular weight is 1450 g/mol. The van der Waals surface area contributed by atoms with Gasteiger partial charge in [-0.25, -0.2) is 9.13 Å². The van der Waals surface area contributed by atoms with Gasteiger partial charge in [-0.3, -0.25) is 37.3 Å². The summed E-state index contributed by atoms with van der Waals surface area (Å²) in [6.07, 6.45) is 61.0. The predicted octanol–water partition coefficient (Wildman–Crippen LogP) is 23.9. The summed E-state index contributed by atoms with van der Waals surface area (Å²) in [5, 5.41) is 10.6. The Bertz CT molecular complexity index is 1910. The van der Waals surface area contributed by atoms with Crippen LogP contribution in [0.3, 0.4) is 0 Å². The Hall–Kier alpha value is -1.94. The van der Waals surface area contributed by atoms with Gasteiger partial charge >= 0.3 is 39.5 Å². The maximum atomic E-state index is 13.1. The Morgan fingerprint density at radius 1 is 0.293 bits per heavy atom. The summed E-state index contributed by atoms with van der Waals surface area (Å²) >= 11 is 0. The molecule has 0 aliphatic rings. The predicted molar refractivity (Wildman–Crippen MR) is 405 cm³/mol. The highest BCUT2D eigenvalue weighted by Gasteiger charge is 2.30. The van der Waals surface area contributed by atoms with E-state index in [9.17, 15) is 43.2 Å². The fourth-order valence-corrected chi connectivity index (χ4v) is 13.9. The minimum Gasteiger partial charge on any atom is -0.462 e. The highest BCUT2D eigenvalue weighted by molar-refractivity contribution is 7.47. The number of aliphatic hydroxyl groups excluding tert-OH is 1. The number of unbranched alkanes of at least 4 members (excludes halogenated alkanes) is 48. The molecule has 17 nitrogen and oxygen atoms in total. The first-order chi connectivity index (χ1) is 47.9. The standard InChI is InChI=1S/C80H156O17P2/c1-7-10-12-14-16-18-19-20-25-29-32-39-45-51-57-63-78(83)91-69-76(96-79(84)64-58-52-46-40-33-30-27-24-22-21-23-26-28-31-38-43-49-55-61-73(6)9-3)71-95-99(88,89)93-67-74(81)66-92-98(86,87)94-70-75(68-90-77(82)62-56-50-44-36-17-15-13-11-8-2)97-80(85)65-59-53-47-41-35-34-37-42-48-54-60-72(4)5/h72-76,81H,7-71H2,1-6H3,(H,86,87)(H,88,89)/t73?,74-,75+,76+/m0/s1. The second-order valence-electron chi connectivity index (χ2n) is 29.5. The molecule has 0 spiro atoms. The summed E-state index contributed by atoms with van der Waals surface area (Å²) in [7, 11) is -9.91. The third kappa shape index (κ3) is 72.8. The van der Waals surface area contributed by atoms with Crippen LogP contribution in [0, 0.1) is 11.8 Å². The molecule has 0 saturated heterocycles. The molecule has 99 heavy (non-hydrogen) atoms. The maximum Gasteiger partial charge on any atom is 0.472 e. The Kier molecular flexibility index (Phi) is 70.3. The molecule has 588 valence electrons. The Morgan fingerprint density at radius 3 is 0.768 bits per heavy atom. The number of phosphoric ester groups is 2. The number of hydrogen-bond donors (Lipinski definition) is 3. The maximum absolute atomic E-state index is 13.1. The van der Waals surface area contributed by atoms with Gasteiger partial charge in [0.05, 0.1) is 26.4 Å². The lowest BCUT2D eigenvalue weighted by Crippen LogP contribution is -2.30. The quantitative estimate of drug-likeness (QED) is 0.0222. The molecule has 0 heterocycles. The molecule has 0 aromatic carbocycles. The summed E-state index contributed by atoms with van der Waals surface area (Å²) in [5.74, 6) is -0.488. The van der Waals surface area contributed by atoms with Crippen molar-refractivity contribution in [3.8, 4) is 0 Å². The zero-order valence-electron chi connectivity index (χ0n) is 64.8. The molecule has 0 bridgehead atoms. The first kappa shape index (κ1) is 97.1. The number of carbonyl (C=O) groups excluding carboxylic acids is 4. The van der Waals surface area contributed by atoms with E-state index in [1.165, 1.54) is 238 Å². The molecule has 3 unspecified atom stereocenters. The molecule has 6 atom stereocenters. The Morgan fingerprint density at radius 2 is 0.515 bits per heavy atom. The van der Waals surface area contributed by atoms with Crippen LogP contribution >= 0.6 is 15.6 Å². The van der Waals surface area contributed by atoms with E-state index in [2.05, 4.69) is 41.5 Å². The van der Waals surface area contributed by atoms with Crippen molar-refractivity contribution < 1.29 is 80.2 Å². The van der Waals surface area contributed by atoms with Gasteiger partial charge in [0.25, 0.3) is 0 Å². The third-order valence-electron chi connectivity index (χ3n) is 19.1. The van der Waals surface area contributed by atoms with Crippen LogP contribution in [-0.2, 0) is 65.4 Å². The van der Waals surface area contributed by atoms with Gasteiger partial charge in [-0.05, 0) is 37.5 Å². The fraction of sp³-hybridized carbons (Fsp3) is 0.950. The molecule has 3 N–H and O–H groups in total. The third-order valence-corrected chi connectivity index (χ3v) is 21.0. The summed E-state index contributed by atoms with van der Waals surface area (Å²) in [6.45, 7) is 9.67. The van der Waals surface area contributed by atoms with E-state index in [0.717, 1.165) is 102 Å². The van der Waals surface area contributed by atoms with E-state index >= 15 is 0 Å². The number of phosphoric acid groups is 2.